The Kier molecular flexibility index (Phi) is 4.27. The fourth-order valence-corrected chi connectivity index (χ4v) is 3.04. The molecule has 1 N–H and O–H groups in total. The third-order valence-corrected chi connectivity index (χ3v) is 3.76. The molecule has 0 radical (unpaired) electrons. The van der Waals surface area contributed by atoms with E-state index >= 15 is 0 Å². The minimum absolute atomic E-state index is 0.322. The normalized spacial score (nSPS) is 12.4. The molecule has 94 valence electrons. The van der Waals surface area contributed by atoms with Crippen molar-refractivity contribution in [1.82, 2.24) is 0 Å². The van der Waals surface area contributed by atoms with Gasteiger partial charge in [-0.2, -0.15) is 0 Å². The maximum absolute atomic E-state index is 13.7. The molecule has 2 rings (SSSR count). The Morgan fingerprint density at radius 1 is 1.22 bits per heavy atom. The van der Waals surface area contributed by atoms with Gasteiger partial charge in [0.2, 0.25) is 0 Å². The molecule has 1 nitrogen and oxygen atoms in total. The Hall–Kier alpha value is -1.03. The van der Waals surface area contributed by atoms with Crippen molar-refractivity contribution in [3.63, 3.8) is 0 Å². The van der Waals surface area contributed by atoms with Crippen molar-refractivity contribution in [3.05, 3.63) is 58.9 Å². The van der Waals surface area contributed by atoms with E-state index in [9.17, 15) is 9.50 Å². The molecular formula is C14H12ClFOS. The van der Waals surface area contributed by atoms with Crippen molar-refractivity contribution in [1.29, 1.82) is 0 Å². The van der Waals surface area contributed by atoms with Crippen molar-refractivity contribution >= 4 is 23.4 Å². The van der Waals surface area contributed by atoms with E-state index in [0.29, 0.717) is 15.5 Å². The first kappa shape index (κ1) is 13.4. The summed E-state index contributed by atoms with van der Waals surface area (Å²) < 4.78 is 13.7. The van der Waals surface area contributed by atoms with Crippen LogP contribution < -0.4 is 0 Å². The fraction of sp³-hybridized carbons (Fsp3) is 0.143. The lowest BCUT2D eigenvalue weighted by molar-refractivity contribution is 0.191. The molecule has 0 aliphatic rings. The molecule has 0 aliphatic carbocycles. The lowest BCUT2D eigenvalue weighted by atomic mass is 10.1. The van der Waals surface area contributed by atoms with Gasteiger partial charge < -0.3 is 5.11 Å². The zero-order valence-corrected chi connectivity index (χ0v) is 11.3. The van der Waals surface area contributed by atoms with E-state index in [1.807, 2.05) is 18.2 Å². The van der Waals surface area contributed by atoms with Crippen molar-refractivity contribution < 1.29 is 9.50 Å². The summed E-state index contributed by atoms with van der Waals surface area (Å²) in [5.74, 6) is -0.392. The van der Waals surface area contributed by atoms with Crippen molar-refractivity contribution in [3.8, 4) is 0 Å². The largest absolute Gasteiger partial charge is 0.389 e. The lowest BCUT2D eigenvalue weighted by Crippen LogP contribution is -1.98. The van der Waals surface area contributed by atoms with Gasteiger partial charge in [0.05, 0.1) is 6.10 Å². The standard InChI is InChI=1S/C14H12ClFOS/c1-9(17)14-12(16)6-3-7-13(14)18-11-5-2-4-10(15)8-11/h2-9,17H,1H3/t9-/m0/s1. The molecule has 1 atom stereocenters. The monoisotopic (exact) mass is 282 g/mol. The minimum Gasteiger partial charge on any atom is -0.389 e. The fourth-order valence-electron chi connectivity index (χ4n) is 1.67. The number of benzene rings is 2. The molecule has 0 aliphatic heterocycles. The molecule has 0 unspecified atom stereocenters. The number of hydrogen-bond donors (Lipinski definition) is 1. The van der Waals surface area contributed by atoms with Gasteiger partial charge in [-0.1, -0.05) is 35.5 Å². The molecule has 0 fully saturated rings. The molecule has 18 heavy (non-hydrogen) atoms. The first-order valence-electron chi connectivity index (χ1n) is 5.48. The maximum Gasteiger partial charge on any atom is 0.130 e. The number of hydrogen-bond acceptors (Lipinski definition) is 2. The van der Waals surface area contributed by atoms with Gasteiger partial charge in [-0.25, -0.2) is 4.39 Å². The summed E-state index contributed by atoms with van der Waals surface area (Å²) in [6.45, 7) is 1.56. The van der Waals surface area contributed by atoms with Gasteiger partial charge >= 0.3 is 0 Å². The second kappa shape index (κ2) is 5.74. The number of aliphatic hydroxyl groups excluding tert-OH is 1. The zero-order chi connectivity index (χ0) is 13.1. The SMILES string of the molecule is C[C@H](O)c1c(F)cccc1Sc1cccc(Cl)c1. The molecule has 0 saturated heterocycles. The Labute approximate surface area is 115 Å². The highest BCUT2D eigenvalue weighted by Gasteiger charge is 2.14. The molecule has 0 bridgehead atoms. The Bertz CT molecular complexity index is 557. The average Bonchev–Trinajstić information content (AvgIpc) is 2.28. The smallest absolute Gasteiger partial charge is 0.130 e. The lowest BCUT2D eigenvalue weighted by Gasteiger charge is -2.12. The second-order valence-corrected chi connectivity index (χ2v) is 5.44. The number of rotatable bonds is 3. The van der Waals surface area contributed by atoms with Crippen LogP contribution in [0.4, 0.5) is 4.39 Å². The zero-order valence-electron chi connectivity index (χ0n) is 9.73. The summed E-state index contributed by atoms with van der Waals surface area (Å²) in [7, 11) is 0. The second-order valence-electron chi connectivity index (χ2n) is 3.89. The third kappa shape index (κ3) is 3.05. The van der Waals surface area contributed by atoms with E-state index < -0.39 is 11.9 Å². The van der Waals surface area contributed by atoms with Gasteiger partial charge in [0.1, 0.15) is 5.82 Å². The van der Waals surface area contributed by atoms with Gasteiger partial charge in [0.15, 0.2) is 0 Å². The van der Waals surface area contributed by atoms with Crippen LogP contribution in [0.15, 0.2) is 52.3 Å². The molecular weight excluding hydrogens is 271 g/mol. The predicted molar refractivity (Wildman–Crippen MR) is 72.6 cm³/mol. The van der Waals surface area contributed by atoms with Crippen LogP contribution in [0.3, 0.4) is 0 Å². The Balaban J connectivity index is 2.37. The van der Waals surface area contributed by atoms with E-state index in [-0.39, 0.29) is 0 Å². The highest BCUT2D eigenvalue weighted by Crippen LogP contribution is 2.35. The van der Waals surface area contributed by atoms with Gasteiger partial charge in [-0.15, -0.1) is 0 Å². The van der Waals surface area contributed by atoms with Gasteiger partial charge in [0, 0.05) is 20.4 Å². The third-order valence-electron chi connectivity index (χ3n) is 2.45. The quantitative estimate of drug-likeness (QED) is 0.882. The maximum atomic E-state index is 13.7. The van der Waals surface area contributed by atoms with Crippen LogP contribution in [-0.2, 0) is 0 Å². The van der Waals surface area contributed by atoms with Gasteiger partial charge in [-0.3, -0.25) is 0 Å². The topological polar surface area (TPSA) is 20.2 Å². The summed E-state index contributed by atoms with van der Waals surface area (Å²) in [5, 5.41) is 10.3. The molecule has 2 aromatic carbocycles. The van der Waals surface area contributed by atoms with Crippen LogP contribution in [0.1, 0.15) is 18.6 Å². The average molecular weight is 283 g/mol. The minimum atomic E-state index is -0.840. The molecule has 4 heteroatoms. The van der Waals surface area contributed by atoms with Crippen LogP contribution in [0, 0.1) is 5.82 Å². The predicted octanol–water partition coefficient (Wildman–Crippen LogP) is 4.68. The first-order valence-corrected chi connectivity index (χ1v) is 6.67. The Morgan fingerprint density at radius 3 is 2.61 bits per heavy atom. The molecule has 2 aromatic rings. The molecule has 0 spiro atoms. The van der Waals surface area contributed by atoms with Crippen LogP contribution >= 0.6 is 23.4 Å². The van der Waals surface area contributed by atoms with Crippen molar-refractivity contribution in [2.45, 2.75) is 22.8 Å². The van der Waals surface area contributed by atoms with Crippen LogP contribution in [0.25, 0.3) is 0 Å². The van der Waals surface area contributed by atoms with Crippen LogP contribution in [0.5, 0.6) is 0 Å². The van der Waals surface area contributed by atoms with E-state index in [1.54, 1.807) is 25.1 Å². The molecule has 0 heterocycles. The molecule has 0 aromatic heterocycles. The van der Waals surface area contributed by atoms with Crippen molar-refractivity contribution in [2.75, 3.05) is 0 Å². The Morgan fingerprint density at radius 2 is 1.94 bits per heavy atom. The highest BCUT2D eigenvalue weighted by molar-refractivity contribution is 7.99. The van der Waals surface area contributed by atoms with Crippen LogP contribution in [-0.4, -0.2) is 5.11 Å². The van der Waals surface area contributed by atoms with Crippen LogP contribution in [0.2, 0.25) is 5.02 Å². The summed E-state index contributed by atoms with van der Waals surface area (Å²) in [6, 6.07) is 12.1. The van der Waals surface area contributed by atoms with E-state index in [1.165, 1.54) is 17.8 Å². The molecule has 0 amide bonds. The summed E-state index contributed by atoms with van der Waals surface area (Å²) in [4.78, 5) is 1.61. The van der Waals surface area contributed by atoms with Gasteiger partial charge in [0.25, 0.3) is 0 Å². The van der Waals surface area contributed by atoms with E-state index in [0.717, 1.165) is 4.90 Å². The summed E-state index contributed by atoms with van der Waals surface area (Å²) in [5.41, 5.74) is 0.322. The summed E-state index contributed by atoms with van der Waals surface area (Å²) >= 11 is 7.29. The van der Waals surface area contributed by atoms with E-state index in [2.05, 4.69) is 0 Å². The van der Waals surface area contributed by atoms with Crippen molar-refractivity contribution in [2.24, 2.45) is 0 Å². The van der Waals surface area contributed by atoms with Gasteiger partial charge in [-0.05, 0) is 37.3 Å². The molecule has 0 saturated carbocycles. The first-order chi connectivity index (χ1) is 8.58. The van der Waals surface area contributed by atoms with E-state index in [4.69, 9.17) is 11.6 Å². The highest BCUT2D eigenvalue weighted by atomic mass is 35.5. The number of aliphatic hydroxyl groups is 1. The number of halogens is 2. The summed E-state index contributed by atoms with van der Waals surface area (Å²) in [6.07, 6.45) is -0.840.